The summed E-state index contributed by atoms with van der Waals surface area (Å²) in [5, 5.41) is 5.60. The Morgan fingerprint density at radius 1 is 1.00 bits per heavy atom. The third-order valence-electron chi connectivity index (χ3n) is 4.15. The van der Waals surface area contributed by atoms with Gasteiger partial charge in [-0.25, -0.2) is 0 Å². The Morgan fingerprint density at radius 2 is 1.72 bits per heavy atom. The molecule has 2 aromatic carbocycles. The van der Waals surface area contributed by atoms with Gasteiger partial charge in [0.1, 0.15) is 0 Å². The number of rotatable bonds is 9. The Hall–Kier alpha value is -2.80. The van der Waals surface area contributed by atoms with Crippen LogP contribution in [-0.4, -0.2) is 35.9 Å². The molecule has 2 amide bonds. The Kier molecular flexibility index (Phi) is 8.73. The molecule has 0 aliphatic rings. The summed E-state index contributed by atoms with van der Waals surface area (Å²) in [6.45, 7) is 5.43. The van der Waals surface area contributed by atoms with Crippen molar-refractivity contribution in [1.82, 2.24) is 5.32 Å². The highest BCUT2D eigenvalue weighted by Gasteiger charge is 2.13. The quantitative estimate of drug-likeness (QED) is 0.615. The third-order valence-corrected chi connectivity index (χ3v) is 5.06. The molecule has 2 aromatic rings. The van der Waals surface area contributed by atoms with Crippen LogP contribution in [0.2, 0.25) is 0 Å². The van der Waals surface area contributed by atoms with Crippen LogP contribution >= 0.6 is 11.8 Å². The van der Waals surface area contributed by atoms with E-state index in [0.29, 0.717) is 0 Å². The summed E-state index contributed by atoms with van der Waals surface area (Å²) in [4.78, 5) is 35.7. The van der Waals surface area contributed by atoms with E-state index in [1.807, 2.05) is 69.3 Å². The van der Waals surface area contributed by atoms with Crippen molar-refractivity contribution >= 4 is 35.2 Å². The molecule has 29 heavy (non-hydrogen) atoms. The number of hydrogen-bond donors (Lipinski definition) is 2. The van der Waals surface area contributed by atoms with E-state index in [9.17, 15) is 14.4 Å². The lowest BCUT2D eigenvalue weighted by atomic mass is 10.1. The van der Waals surface area contributed by atoms with E-state index in [-0.39, 0.29) is 36.0 Å². The summed E-state index contributed by atoms with van der Waals surface area (Å²) in [7, 11) is 0. The van der Waals surface area contributed by atoms with Crippen LogP contribution in [0, 0.1) is 13.8 Å². The molecule has 0 saturated heterocycles. The zero-order chi connectivity index (χ0) is 21.2. The van der Waals surface area contributed by atoms with Crippen molar-refractivity contribution in [2.45, 2.75) is 26.8 Å². The Labute approximate surface area is 175 Å². The zero-order valence-corrected chi connectivity index (χ0v) is 17.7. The van der Waals surface area contributed by atoms with Gasteiger partial charge in [0.2, 0.25) is 5.91 Å². The molecule has 0 saturated carbocycles. The van der Waals surface area contributed by atoms with Gasteiger partial charge in [-0.15, -0.1) is 11.8 Å². The van der Waals surface area contributed by atoms with Crippen molar-refractivity contribution in [2.24, 2.45) is 0 Å². The number of carbonyl (C=O) groups is 3. The lowest BCUT2D eigenvalue weighted by molar-refractivity contribution is -0.146. The van der Waals surface area contributed by atoms with E-state index in [2.05, 4.69) is 10.6 Å². The number of thioether (sulfide) groups is 1. The van der Waals surface area contributed by atoms with Gasteiger partial charge in [0, 0.05) is 5.69 Å². The predicted molar refractivity (Wildman–Crippen MR) is 116 cm³/mol. The number of esters is 1. The standard InChI is InChI=1S/C22H26N2O4S/c1-15-9-10-19(16(2)11-15)24-21(26)13-29-14-22(27)28-12-20(25)23-17(3)18-7-5-4-6-8-18/h4-11,17H,12-14H2,1-3H3,(H,23,25)(H,24,26). The number of benzene rings is 2. The van der Waals surface area contributed by atoms with Crippen LogP contribution in [0.5, 0.6) is 0 Å². The van der Waals surface area contributed by atoms with Gasteiger partial charge in [-0.2, -0.15) is 0 Å². The third kappa shape index (κ3) is 7.99. The van der Waals surface area contributed by atoms with E-state index < -0.39 is 5.97 Å². The molecule has 0 radical (unpaired) electrons. The molecule has 154 valence electrons. The average molecular weight is 415 g/mol. The Balaban J connectivity index is 1.64. The van der Waals surface area contributed by atoms with Crippen LogP contribution in [0.15, 0.2) is 48.5 Å². The fraction of sp³-hybridized carbons (Fsp3) is 0.318. The minimum Gasteiger partial charge on any atom is -0.455 e. The zero-order valence-electron chi connectivity index (χ0n) is 16.9. The number of hydrogen-bond acceptors (Lipinski definition) is 5. The van der Waals surface area contributed by atoms with Crippen molar-refractivity contribution in [3.05, 3.63) is 65.2 Å². The number of carbonyl (C=O) groups excluding carboxylic acids is 3. The molecule has 0 heterocycles. The highest BCUT2D eigenvalue weighted by molar-refractivity contribution is 8.00. The molecule has 1 unspecified atom stereocenters. The van der Waals surface area contributed by atoms with Gasteiger partial charge >= 0.3 is 5.97 Å². The van der Waals surface area contributed by atoms with Crippen molar-refractivity contribution < 1.29 is 19.1 Å². The molecule has 0 aromatic heterocycles. The number of aryl methyl sites for hydroxylation is 2. The molecule has 1 atom stereocenters. The molecule has 6 nitrogen and oxygen atoms in total. The second kappa shape index (κ2) is 11.3. The van der Waals surface area contributed by atoms with Crippen LogP contribution in [0.1, 0.15) is 29.7 Å². The van der Waals surface area contributed by atoms with Crippen LogP contribution < -0.4 is 10.6 Å². The number of anilines is 1. The molecule has 2 N–H and O–H groups in total. The maximum Gasteiger partial charge on any atom is 0.316 e. The normalized spacial score (nSPS) is 11.4. The van der Waals surface area contributed by atoms with Gasteiger partial charge in [0.05, 0.1) is 17.5 Å². The van der Waals surface area contributed by atoms with Gasteiger partial charge in [-0.3, -0.25) is 14.4 Å². The molecule has 2 rings (SSSR count). The van der Waals surface area contributed by atoms with Gasteiger partial charge in [0.15, 0.2) is 6.61 Å². The second-order valence-electron chi connectivity index (χ2n) is 6.72. The fourth-order valence-electron chi connectivity index (χ4n) is 2.66. The minimum atomic E-state index is -0.531. The lowest BCUT2D eigenvalue weighted by Gasteiger charge is -2.14. The topological polar surface area (TPSA) is 84.5 Å². The van der Waals surface area contributed by atoms with E-state index in [4.69, 9.17) is 4.74 Å². The number of nitrogens with one attached hydrogen (secondary N) is 2. The summed E-state index contributed by atoms with van der Waals surface area (Å²) in [6, 6.07) is 15.1. The van der Waals surface area contributed by atoms with Gasteiger partial charge in [-0.05, 0) is 38.0 Å². The van der Waals surface area contributed by atoms with Crippen LogP contribution in [0.25, 0.3) is 0 Å². The first-order chi connectivity index (χ1) is 13.8. The molecular formula is C22H26N2O4S. The Bertz CT molecular complexity index is 855. The van der Waals surface area contributed by atoms with Crippen LogP contribution in [0.4, 0.5) is 5.69 Å². The first kappa shape index (κ1) is 22.5. The van der Waals surface area contributed by atoms with E-state index >= 15 is 0 Å². The second-order valence-corrected chi connectivity index (χ2v) is 7.71. The van der Waals surface area contributed by atoms with Crippen molar-refractivity contribution in [1.29, 1.82) is 0 Å². The maximum atomic E-state index is 12.0. The first-order valence-electron chi connectivity index (χ1n) is 9.30. The Morgan fingerprint density at radius 3 is 2.41 bits per heavy atom. The summed E-state index contributed by atoms with van der Waals surface area (Å²) in [5.41, 5.74) is 3.84. The minimum absolute atomic E-state index is 0.00180. The number of amides is 2. The monoisotopic (exact) mass is 414 g/mol. The molecule has 0 aliphatic carbocycles. The van der Waals surface area contributed by atoms with E-state index in [1.54, 1.807) is 0 Å². The van der Waals surface area contributed by atoms with Crippen molar-refractivity contribution in [3.8, 4) is 0 Å². The van der Waals surface area contributed by atoms with Gasteiger partial charge < -0.3 is 15.4 Å². The first-order valence-corrected chi connectivity index (χ1v) is 10.5. The van der Waals surface area contributed by atoms with Crippen molar-refractivity contribution in [2.75, 3.05) is 23.4 Å². The van der Waals surface area contributed by atoms with Gasteiger partial charge in [-0.1, -0.05) is 48.0 Å². The fourth-order valence-corrected chi connectivity index (χ4v) is 3.27. The van der Waals surface area contributed by atoms with E-state index in [0.717, 1.165) is 34.1 Å². The lowest BCUT2D eigenvalue weighted by Crippen LogP contribution is -2.31. The van der Waals surface area contributed by atoms with Crippen LogP contribution in [0.3, 0.4) is 0 Å². The molecule has 0 bridgehead atoms. The van der Waals surface area contributed by atoms with Gasteiger partial charge in [0.25, 0.3) is 5.91 Å². The van der Waals surface area contributed by atoms with E-state index in [1.165, 1.54) is 0 Å². The largest absolute Gasteiger partial charge is 0.455 e. The predicted octanol–water partition coefficient (Wildman–Crippen LogP) is 3.40. The molecule has 0 spiro atoms. The molecule has 7 heteroatoms. The smallest absolute Gasteiger partial charge is 0.316 e. The maximum absolute atomic E-state index is 12.0. The summed E-state index contributed by atoms with van der Waals surface area (Å²) in [6.07, 6.45) is 0. The van der Waals surface area contributed by atoms with Crippen molar-refractivity contribution in [3.63, 3.8) is 0 Å². The highest BCUT2D eigenvalue weighted by atomic mass is 32.2. The summed E-state index contributed by atoms with van der Waals surface area (Å²) >= 11 is 1.14. The highest BCUT2D eigenvalue weighted by Crippen LogP contribution is 2.16. The number of ether oxygens (including phenoxy) is 1. The van der Waals surface area contributed by atoms with Crippen LogP contribution in [-0.2, 0) is 19.1 Å². The molecule has 0 fully saturated rings. The SMILES string of the molecule is Cc1ccc(NC(=O)CSCC(=O)OCC(=O)NC(C)c2ccccc2)c(C)c1. The summed E-state index contributed by atoms with van der Waals surface area (Å²) in [5.74, 6) is -0.963. The average Bonchev–Trinajstić information content (AvgIpc) is 2.69. The summed E-state index contributed by atoms with van der Waals surface area (Å²) < 4.78 is 4.97. The molecular weight excluding hydrogens is 388 g/mol. The molecule has 0 aliphatic heterocycles.